The third-order valence-corrected chi connectivity index (χ3v) is 4.66. The predicted octanol–water partition coefficient (Wildman–Crippen LogP) is 4.25. The van der Waals surface area contributed by atoms with E-state index >= 15 is 0 Å². The zero-order valence-corrected chi connectivity index (χ0v) is 15.1. The van der Waals surface area contributed by atoms with Gasteiger partial charge in [0.1, 0.15) is 0 Å². The fourth-order valence-corrected chi connectivity index (χ4v) is 3.26. The van der Waals surface area contributed by atoms with Gasteiger partial charge in [-0.1, -0.05) is 29.8 Å². The van der Waals surface area contributed by atoms with Crippen LogP contribution in [0.4, 0.5) is 5.69 Å². The number of hydrogen-bond acceptors (Lipinski definition) is 5. The SMILES string of the molecule is COc1cc(Cl)c(/C=C2\SC(=Nc3ccccc3)NC2=O)cc1OC. The molecule has 1 amide bonds. The molecule has 0 bridgehead atoms. The third kappa shape index (κ3) is 3.97. The zero-order valence-electron chi connectivity index (χ0n) is 13.6. The van der Waals surface area contributed by atoms with Gasteiger partial charge >= 0.3 is 0 Å². The van der Waals surface area contributed by atoms with E-state index in [1.54, 1.807) is 32.4 Å². The van der Waals surface area contributed by atoms with Crippen LogP contribution in [0.5, 0.6) is 11.5 Å². The average Bonchev–Trinajstić information content (AvgIpc) is 2.96. The van der Waals surface area contributed by atoms with E-state index in [4.69, 9.17) is 21.1 Å². The second-order valence-electron chi connectivity index (χ2n) is 5.05. The molecule has 2 aromatic carbocycles. The van der Waals surface area contributed by atoms with Crippen molar-refractivity contribution in [3.05, 3.63) is 58.0 Å². The predicted molar refractivity (Wildman–Crippen MR) is 102 cm³/mol. The van der Waals surface area contributed by atoms with Gasteiger partial charge < -0.3 is 14.8 Å². The molecule has 25 heavy (non-hydrogen) atoms. The Morgan fingerprint density at radius 2 is 1.80 bits per heavy atom. The fraction of sp³-hybridized carbons (Fsp3) is 0.111. The Kier molecular flexibility index (Phi) is 5.31. The summed E-state index contributed by atoms with van der Waals surface area (Å²) in [5.41, 5.74) is 1.44. The lowest BCUT2D eigenvalue weighted by Gasteiger charge is -2.09. The number of methoxy groups -OCH3 is 2. The number of amidine groups is 1. The summed E-state index contributed by atoms with van der Waals surface area (Å²) < 4.78 is 10.5. The van der Waals surface area contributed by atoms with Crippen molar-refractivity contribution in [2.24, 2.45) is 4.99 Å². The highest BCUT2D eigenvalue weighted by molar-refractivity contribution is 8.18. The summed E-state index contributed by atoms with van der Waals surface area (Å²) >= 11 is 7.54. The maximum atomic E-state index is 12.2. The molecule has 1 aliphatic heterocycles. The van der Waals surface area contributed by atoms with Gasteiger partial charge in [-0.25, -0.2) is 4.99 Å². The number of thioether (sulfide) groups is 1. The Morgan fingerprint density at radius 1 is 1.12 bits per heavy atom. The molecular weight excluding hydrogens is 360 g/mol. The monoisotopic (exact) mass is 374 g/mol. The number of aliphatic imine (C=N–C) groups is 1. The number of nitrogens with one attached hydrogen (secondary N) is 1. The summed E-state index contributed by atoms with van der Waals surface area (Å²) in [7, 11) is 3.09. The molecule has 0 radical (unpaired) electrons. The molecule has 1 aliphatic rings. The van der Waals surface area contributed by atoms with Gasteiger partial charge in [0.15, 0.2) is 16.7 Å². The van der Waals surface area contributed by atoms with E-state index in [1.165, 1.54) is 11.8 Å². The molecule has 1 saturated heterocycles. The quantitative estimate of drug-likeness (QED) is 0.813. The largest absolute Gasteiger partial charge is 0.493 e. The van der Waals surface area contributed by atoms with E-state index in [0.29, 0.717) is 32.2 Å². The van der Waals surface area contributed by atoms with Gasteiger partial charge in [0.05, 0.1) is 29.8 Å². The highest BCUT2D eigenvalue weighted by Crippen LogP contribution is 2.36. The van der Waals surface area contributed by atoms with Gasteiger partial charge in [-0.05, 0) is 41.6 Å². The highest BCUT2D eigenvalue weighted by atomic mass is 35.5. The lowest BCUT2D eigenvalue weighted by atomic mass is 10.2. The van der Waals surface area contributed by atoms with Crippen LogP contribution in [0, 0.1) is 0 Å². The number of amides is 1. The van der Waals surface area contributed by atoms with Crippen molar-refractivity contribution < 1.29 is 14.3 Å². The summed E-state index contributed by atoms with van der Waals surface area (Å²) in [5.74, 6) is 0.857. The molecule has 2 aromatic rings. The molecule has 7 heteroatoms. The standard InChI is InChI=1S/C18H15ClN2O3S/c1-23-14-8-11(13(19)10-15(14)24-2)9-16-17(22)21-18(25-16)20-12-6-4-3-5-7-12/h3-10H,1-2H3,(H,20,21,22)/b16-9-. The van der Waals surface area contributed by atoms with Crippen molar-refractivity contribution in [2.75, 3.05) is 14.2 Å². The first-order valence-electron chi connectivity index (χ1n) is 7.37. The van der Waals surface area contributed by atoms with Crippen molar-refractivity contribution in [1.29, 1.82) is 0 Å². The average molecular weight is 375 g/mol. The molecule has 0 spiro atoms. The van der Waals surface area contributed by atoms with E-state index in [2.05, 4.69) is 10.3 Å². The van der Waals surface area contributed by atoms with Crippen LogP contribution >= 0.6 is 23.4 Å². The number of carbonyl (C=O) groups is 1. The minimum Gasteiger partial charge on any atom is -0.493 e. The van der Waals surface area contributed by atoms with Gasteiger partial charge in [0.25, 0.3) is 5.91 Å². The molecule has 1 heterocycles. The molecule has 3 rings (SSSR count). The molecular formula is C18H15ClN2O3S. The van der Waals surface area contributed by atoms with Gasteiger partial charge in [0, 0.05) is 6.07 Å². The molecule has 1 N–H and O–H groups in total. The van der Waals surface area contributed by atoms with E-state index in [0.717, 1.165) is 5.69 Å². The van der Waals surface area contributed by atoms with Crippen molar-refractivity contribution >= 4 is 46.2 Å². The maximum Gasteiger partial charge on any atom is 0.264 e. The minimum absolute atomic E-state index is 0.217. The van der Waals surface area contributed by atoms with Crippen molar-refractivity contribution in [2.45, 2.75) is 0 Å². The number of halogens is 1. The number of para-hydroxylation sites is 1. The van der Waals surface area contributed by atoms with Crippen LogP contribution in [0.1, 0.15) is 5.56 Å². The third-order valence-electron chi connectivity index (χ3n) is 3.43. The second kappa shape index (κ2) is 7.63. The van der Waals surface area contributed by atoms with Crippen molar-refractivity contribution in [3.8, 4) is 11.5 Å². The summed E-state index contributed by atoms with van der Waals surface area (Å²) in [6.45, 7) is 0. The van der Waals surface area contributed by atoms with Crippen LogP contribution in [-0.4, -0.2) is 25.3 Å². The zero-order chi connectivity index (χ0) is 17.8. The van der Waals surface area contributed by atoms with Gasteiger partial charge in [0.2, 0.25) is 0 Å². The number of carbonyl (C=O) groups excluding carboxylic acids is 1. The normalized spacial score (nSPS) is 17.0. The Morgan fingerprint density at radius 3 is 2.48 bits per heavy atom. The lowest BCUT2D eigenvalue weighted by Crippen LogP contribution is -2.19. The summed E-state index contributed by atoms with van der Waals surface area (Å²) in [5, 5.41) is 3.74. The number of nitrogens with zero attached hydrogens (tertiary/aromatic N) is 1. The number of benzene rings is 2. The first-order chi connectivity index (χ1) is 12.1. The fourth-order valence-electron chi connectivity index (χ4n) is 2.22. The molecule has 1 fully saturated rings. The molecule has 128 valence electrons. The molecule has 5 nitrogen and oxygen atoms in total. The molecule has 0 aliphatic carbocycles. The summed E-state index contributed by atoms with van der Waals surface area (Å²) in [6.07, 6.45) is 1.71. The van der Waals surface area contributed by atoms with E-state index in [-0.39, 0.29) is 5.91 Å². The summed E-state index contributed by atoms with van der Waals surface area (Å²) in [6, 6.07) is 12.8. The molecule has 0 saturated carbocycles. The Bertz CT molecular complexity index is 866. The highest BCUT2D eigenvalue weighted by Gasteiger charge is 2.24. The minimum atomic E-state index is -0.217. The molecule has 0 aromatic heterocycles. The first kappa shape index (κ1) is 17.4. The summed E-state index contributed by atoms with van der Waals surface area (Å²) in [4.78, 5) is 17.1. The Hall–Kier alpha value is -2.44. The van der Waals surface area contributed by atoms with Crippen LogP contribution in [-0.2, 0) is 4.79 Å². The number of rotatable bonds is 4. The molecule has 0 unspecified atom stereocenters. The van der Waals surface area contributed by atoms with Crippen LogP contribution in [0.15, 0.2) is 52.4 Å². The number of ether oxygens (including phenoxy) is 2. The van der Waals surface area contributed by atoms with Gasteiger partial charge in [-0.3, -0.25) is 4.79 Å². The van der Waals surface area contributed by atoms with Gasteiger partial charge in [-0.15, -0.1) is 0 Å². The topological polar surface area (TPSA) is 59.9 Å². The van der Waals surface area contributed by atoms with Crippen LogP contribution in [0.25, 0.3) is 6.08 Å². The van der Waals surface area contributed by atoms with Crippen molar-refractivity contribution in [3.63, 3.8) is 0 Å². The first-order valence-corrected chi connectivity index (χ1v) is 8.56. The van der Waals surface area contributed by atoms with Crippen molar-refractivity contribution in [1.82, 2.24) is 5.32 Å². The van der Waals surface area contributed by atoms with Crippen LogP contribution < -0.4 is 14.8 Å². The van der Waals surface area contributed by atoms with E-state index < -0.39 is 0 Å². The van der Waals surface area contributed by atoms with E-state index in [1.807, 2.05) is 30.3 Å². The Labute approximate surface area is 154 Å². The second-order valence-corrected chi connectivity index (χ2v) is 6.48. The number of hydrogen-bond donors (Lipinski definition) is 1. The van der Waals surface area contributed by atoms with Crippen LogP contribution in [0.2, 0.25) is 5.02 Å². The van der Waals surface area contributed by atoms with Gasteiger partial charge in [-0.2, -0.15) is 0 Å². The smallest absolute Gasteiger partial charge is 0.264 e. The Balaban J connectivity index is 1.89. The molecule has 0 atom stereocenters. The van der Waals surface area contributed by atoms with E-state index in [9.17, 15) is 4.79 Å². The maximum absolute atomic E-state index is 12.2. The van der Waals surface area contributed by atoms with Crippen LogP contribution in [0.3, 0.4) is 0 Å². The lowest BCUT2D eigenvalue weighted by molar-refractivity contribution is -0.115.